The van der Waals surface area contributed by atoms with Gasteiger partial charge in [0.05, 0.1) is 12.1 Å². The highest BCUT2D eigenvalue weighted by atomic mass is 16.1. The average molecular weight is 356 g/mol. The number of hydrogen-bond donors (Lipinski definition) is 2. The van der Waals surface area contributed by atoms with E-state index < -0.39 is 0 Å². The normalized spacial score (nSPS) is 16.8. The fourth-order valence-corrected chi connectivity index (χ4v) is 3.53. The minimum atomic E-state index is 0.0445. The van der Waals surface area contributed by atoms with E-state index in [0.717, 1.165) is 54.4 Å². The first-order valence-corrected chi connectivity index (χ1v) is 9.29. The molecule has 0 spiro atoms. The number of aromatic nitrogens is 4. The van der Waals surface area contributed by atoms with Crippen LogP contribution in [0, 0.1) is 33.6 Å². The van der Waals surface area contributed by atoms with Crippen LogP contribution >= 0.6 is 0 Å². The predicted molar refractivity (Wildman–Crippen MR) is 100 cm³/mol. The molecule has 0 bridgehead atoms. The third kappa shape index (κ3) is 4.27. The second-order valence-corrected chi connectivity index (χ2v) is 7.19. The van der Waals surface area contributed by atoms with Gasteiger partial charge in [0.25, 0.3) is 5.95 Å². The molecule has 0 aromatic carbocycles. The summed E-state index contributed by atoms with van der Waals surface area (Å²) in [6.45, 7) is 10.7. The smallest absolute Gasteiger partial charge is 0.251 e. The van der Waals surface area contributed by atoms with Crippen LogP contribution in [0.1, 0.15) is 41.2 Å². The lowest BCUT2D eigenvalue weighted by atomic mass is 10.1. The van der Waals surface area contributed by atoms with Crippen LogP contribution in [0.25, 0.3) is 5.95 Å². The van der Waals surface area contributed by atoms with E-state index in [2.05, 4.69) is 25.7 Å². The maximum absolute atomic E-state index is 12.3. The summed E-state index contributed by atoms with van der Waals surface area (Å²) in [5, 5.41) is 11.0. The molecule has 0 saturated carbocycles. The molecule has 1 amide bonds. The van der Waals surface area contributed by atoms with Crippen molar-refractivity contribution >= 4 is 5.91 Å². The molecule has 1 fully saturated rings. The molecule has 1 aliphatic rings. The minimum Gasteiger partial charge on any atom is -0.356 e. The molecule has 2 aromatic rings. The molecule has 7 heteroatoms. The monoisotopic (exact) mass is 356 g/mol. The highest BCUT2D eigenvalue weighted by molar-refractivity contribution is 5.79. The van der Waals surface area contributed by atoms with E-state index in [9.17, 15) is 4.79 Å². The molecule has 1 aliphatic heterocycles. The van der Waals surface area contributed by atoms with Crippen LogP contribution in [-0.2, 0) is 11.2 Å². The second kappa shape index (κ2) is 7.95. The van der Waals surface area contributed by atoms with Gasteiger partial charge in [0, 0.05) is 29.2 Å². The maximum Gasteiger partial charge on any atom is 0.251 e. The summed E-state index contributed by atoms with van der Waals surface area (Å²) in [7, 11) is 0. The minimum absolute atomic E-state index is 0.0445. The Morgan fingerprint density at radius 3 is 2.65 bits per heavy atom. The Balaban J connectivity index is 1.66. The van der Waals surface area contributed by atoms with Crippen molar-refractivity contribution in [2.75, 3.05) is 19.6 Å². The van der Waals surface area contributed by atoms with Crippen molar-refractivity contribution in [1.29, 1.82) is 0 Å². The van der Waals surface area contributed by atoms with Gasteiger partial charge in [-0.15, -0.1) is 0 Å². The number of carbonyl (C=O) groups excluding carboxylic acids is 1. The number of nitrogens with zero attached hydrogens (tertiary/aromatic N) is 4. The molecule has 140 valence electrons. The Hall–Kier alpha value is -2.28. The van der Waals surface area contributed by atoms with Gasteiger partial charge >= 0.3 is 0 Å². The highest BCUT2D eigenvalue weighted by Gasteiger charge is 2.18. The zero-order chi connectivity index (χ0) is 18.7. The van der Waals surface area contributed by atoms with E-state index in [1.807, 2.05) is 33.8 Å². The summed E-state index contributed by atoms with van der Waals surface area (Å²) in [6.07, 6.45) is 2.58. The zero-order valence-electron chi connectivity index (χ0n) is 16.1. The molecule has 7 nitrogen and oxygen atoms in total. The van der Waals surface area contributed by atoms with Crippen LogP contribution in [0.4, 0.5) is 0 Å². The summed E-state index contributed by atoms with van der Waals surface area (Å²) >= 11 is 0. The van der Waals surface area contributed by atoms with Crippen LogP contribution in [0.2, 0.25) is 0 Å². The van der Waals surface area contributed by atoms with E-state index in [1.165, 1.54) is 6.42 Å². The lowest BCUT2D eigenvalue weighted by Crippen LogP contribution is -2.28. The van der Waals surface area contributed by atoms with E-state index in [4.69, 9.17) is 0 Å². The van der Waals surface area contributed by atoms with Gasteiger partial charge in [0.2, 0.25) is 5.91 Å². The lowest BCUT2D eigenvalue weighted by Gasteiger charge is -2.10. The van der Waals surface area contributed by atoms with Gasteiger partial charge in [0.15, 0.2) is 0 Å². The van der Waals surface area contributed by atoms with E-state index >= 15 is 0 Å². The average Bonchev–Trinajstić information content (AvgIpc) is 3.17. The maximum atomic E-state index is 12.3. The molecule has 0 aliphatic carbocycles. The molecule has 1 unspecified atom stereocenters. The fourth-order valence-electron chi connectivity index (χ4n) is 3.53. The fraction of sp³-hybridized carbons (Fsp3) is 0.579. The first-order valence-electron chi connectivity index (χ1n) is 9.29. The van der Waals surface area contributed by atoms with Crippen LogP contribution in [0.3, 0.4) is 0 Å². The molecule has 2 N–H and O–H groups in total. The van der Waals surface area contributed by atoms with Crippen LogP contribution in [0.5, 0.6) is 0 Å². The van der Waals surface area contributed by atoms with Crippen LogP contribution in [-0.4, -0.2) is 45.3 Å². The number of rotatable bonds is 6. The number of aryl methyl sites for hydroxylation is 3. The first kappa shape index (κ1) is 18.5. The molecule has 1 atom stereocenters. The van der Waals surface area contributed by atoms with Crippen molar-refractivity contribution < 1.29 is 4.79 Å². The number of hydrogen-bond acceptors (Lipinski definition) is 5. The summed E-state index contributed by atoms with van der Waals surface area (Å²) < 4.78 is 1.74. The highest BCUT2D eigenvalue weighted by Crippen LogP contribution is 2.17. The van der Waals surface area contributed by atoms with Crippen molar-refractivity contribution in [3.8, 4) is 5.95 Å². The molecular formula is C19H28N6O. The van der Waals surface area contributed by atoms with Crippen molar-refractivity contribution in [3.05, 3.63) is 34.4 Å². The Morgan fingerprint density at radius 1 is 1.27 bits per heavy atom. The molecule has 3 rings (SSSR count). The quantitative estimate of drug-likeness (QED) is 0.820. The van der Waals surface area contributed by atoms with E-state index in [1.54, 1.807) is 4.68 Å². The van der Waals surface area contributed by atoms with Crippen molar-refractivity contribution in [3.63, 3.8) is 0 Å². The van der Waals surface area contributed by atoms with Gasteiger partial charge in [0.1, 0.15) is 0 Å². The molecule has 26 heavy (non-hydrogen) atoms. The van der Waals surface area contributed by atoms with Crippen molar-refractivity contribution in [2.24, 2.45) is 5.92 Å². The molecule has 2 aromatic heterocycles. The SMILES string of the molecule is Cc1cc(C)nc(-n2nc(C)c(CC(=O)NCCC3CCNC3)c2C)n1. The molecule has 0 radical (unpaired) electrons. The molecule has 3 heterocycles. The molecular weight excluding hydrogens is 328 g/mol. The standard InChI is InChI=1S/C19H28N6O/c1-12-9-13(2)23-19(22-12)25-15(4)17(14(3)24-25)10-18(26)21-8-6-16-5-7-20-11-16/h9,16,20H,5-8,10-11H2,1-4H3,(H,21,26). The zero-order valence-corrected chi connectivity index (χ0v) is 16.1. The van der Waals surface area contributed by atoms with E-state index in [0.29, 0.717) is 18.3 Å². The second-order valence-electron chi connectivity index (χ2n) is 7.19. The van der Waals surface area contributed by atoms with Crippen LogP contribution in [0.15, 0.2) is 6.07 Å². The largest absolute Gasteiger partial charge is 0.356 e. The first-order chi connectivity index (χ1) is 12.4. The summed E-state index contributed by atoms with van der Waals surface area (Å²) in [4.78, 5) is 21.3. The summed E-state index contributed by atoms with van der Waals surface area (Å²) in [5.74, 6) is 1.29. The third-order valence-electron chi connectivity index (χ3n) is 4.98. The Kier molecular flexibility index (Phi) is 5.66. The number of nitrogens with one attached hydrogen (secondary N) is 2. The summed E-state index contributed by atoms with van der Waals surface area (Å²) in [6, 6.07) is 1.93. The van der Waals surface area contributed by atoms with Gasteiger partial charge in [-0.3, -0.25) is 4.79 Å². The third-order valence-corrected chi connectivity index (χ3v) is 4.98. The Bertz CT molecular complexity index is 771. The predicted octanol–water partition coefficient (Wildman–Crippen LogP) is 1.55. The van der Waals surface area contributed by atoms with Gasteiger partial charge < -0.3 is 10.6 Å². The van der Waals surface area contributed by atoms with E-state index in [-0.39, 0.29) is 5.91 Å². The number of carbonyl (C=O) groups is 1. The van der Waals surface area contributed by atoms with Gasteiger partial charge in [-0.1, -0.05) is 0 Å². The Labute approximate surface area is 154 Å². The van der Waals surface area contributed by atoms with Crippen LogP contribution < -0.4 is 10.6 Å². The van der Waals surface area contributed by atoms with Crippen molar-refractivity contribution in [2.45, 2.75) is 47.0 Å². The van der Waals surface area contributed by atoms with Gasteiger partial charge in [-0.25, -0.2) is 14.6 Å². The van der Waals surface area contributed by atoms with Crippen molar-refractivity contribution in [1.82, 2.24) is 30.4 Å². The van der Waals surface area contributed by atoms with Gasteiger partial charge in [-0.05, 0) is 65.6 Å². The lowest BCUT2D eigenvalue weighted by molar-refractivity contribution is -0.120. The number of amides is 1. The topological polar surface area (TPSA) is 84.7 Å². The summed E-state index contributed by atoms with van der Waals surface area (Å²) in [5.41, 5.74) is 4.53. The molecule has 1 saturated heterocycles. The Morgan fingerprint density at radius 2 is 2.00 bits per heavy atom. The van der Waals surface area contributed by atoms with Gasteiger partial charge in [-0.2, -0.15) is 5.10 Å².